The van der Waals surface area contributed by atoms with Crippen molar-refractivity contribution in [3.05, 3.63) is 35.4 Å². The van der Waals surface area contributed by atoms with Gasteiger partial charge in [0.05, 0.1) is 6.04 Å². The molecule has 2 aliphatic carbocycles. The Kier molecular flexibility index (Phi) is 3.48. The van der Waals surface area contributed by atoms with Crippen LogP contribution in [0, 0.1) is 5.92 Å². The molecule has 0 bridgehead atoms. The Bertz CT molecular complexity index is 641. The number of piperidine rings is 1. The quantitative estimate of drug-likeness (QED) is 0.857. The molecular formula is C21H28N2O. The van der Waals surface area contributed by atoms with E-state index in [1.54, 1.807) is 5.56 Å². The average molecular weight is 324 g/mol. The number of carbonyl (C=O) groups excluding carboxylic acids is 1. The Morgan fingerprint density at radius 2 is 1.79 bits per heavy atom. The molecule has 24 heavy (non-hydrogen) atoms. The van der Waals surface area contributed by atoms with E-state index in [9.17, 15) is 4.79 Å². The fourth-order valence-corrected chi connectivity index (χ4v) is 6.26. The van der Waals surface area contributed by atoms with Crippen molar-refractivity contribution >= 4 is 5.91 Å². The molecule has 0 unspecified atom stereocenters. The molecule has 4 aliphatic rings. The summed E-state index contributed by atoms with van der Waals surface area (Å²) in [5.41, 5.74) is 3.19. The smallest absolute Gasteiger partial charge is 0.220 e. The van der Waals surface area contributed by atoms with Crippen molar-refractivity contribution in [1.82, 2.24) is 10.2 Å². The van der Waals surface area contributed by atoms with E-state index in [-0.39, 0.29) is 17.4 Å². The van der Waals surface area contributed by atoms with Gasteiger partial charge in [-0.3, -0.25) is 4.79 Å². The zero-order valence-electron chi connectivity index (χ0n) is 14.5. The van der Waals surface area contributed by atoms with Gasteiger partial charge >= 0.3 is 0 Å². The van der Waals surface area contributed by atoms with Crippen molar-refractivity contribution in [3.63, 3.8) is 0 Å². The van der Waals surface area contributed by atoms with E-state index in [4.69, 9.17) is 0 Å². The summed E-state index contributed by atoms with van der Waals surface area (Å²) < 4.78 is 0. The maximum atomic E-state index is 12.1. The van der Waals surface area contributed by atoms with Crippen molar-refractivity contribution < 1.29 is 4.79 Å². The van der Waals surface area contributed by atoms with Gasteiger partial charge in [-0.25, -0.2) is 0 Å². The van der Waals surface area contributed by atoms with E-state index in [1.807, 2.05) is 0 Å². The van der Waals surface area contributed by atoms with Gasteiger partial charge in [0.2, 0.25) is 5.91 Å². The molecule has 0 radical (unpaired) electrons. The standard InChI is InChI=1S/C21H28N2O/c24-19-14-18-20(22-19)16-8-4-5-9-17(16)21(18)10-12-23(13-11-21)15-6-2-1-3-7-15/h4-5,8-9,15,18,20H,1-3,6-7,10-14H2,(H,22,24)/t18-,20-/m0/s1. The van der Waals surface area contributed by atoms with Crippen LogP contribution in [0.2, 0.25) is 0 Å². The van der Waals surface area contributed by atoms with Crippen molar-refractivity contribution in [1.29, 1.82) is 0 Å². The van der Waals surface area contributed by atoms with Crippen LogP contribution in [0.25, 0.3) is 0 Å². The first-order chi connectivity index (χ1) is 11.8. The molecule has 2 saturated heterocycles. The lowest BCUT2D eigenvalue weighted by Gasteiger charge is -2.46. The minimum absolute atomic E-state index is 0.242. The normalized spacial score (nSPS) is 32.6. The molecule has 1 aromatic rings. The van der Waals surface area contributed by atoms with Gasteiger partial charge in [-0.15, -0.1) is 0 Å². The second kappa shape index (κ2) is 5.59. The molecule has 1 aromatic carbocycles. The molecule has 1 N–H and O–H groups in total. The molecule has 128 valence electrons. The molecule has 0 aromatic heterocycles. The highest BCUT2D eigenvalue weighted by Gasteiger charge is 2.56. The summed E-state index contributed by atoms with van der Waals surface area (Å²) in [6, 6.07) is 10.0. The van der Waals surface area contributed by atoms with Gasteiger partial charge in [-0.1, -0.05) is 43.5 Å². The first kappa shape index (κ1) is 14.9. The number of nitrogens with one attached hydrogen (secondary N) is 1. The van der Waals surface area contributed by atoms with Gasteiger partial charge < -0.3 is 10.2 Å². The summed E-state index contributed by atoms with van der Waals surface area (Å²) in [7, 11) is 0. The summed E-state index contributed by atoms with van der Waals surface area (Å²) >= 11 is 0. The molecular weight excluding hydrogens is 296 g/mol. The van der Waals surface area contributed by atoms with Crippen LogP contribution >= 0.6 is 0 Å². The Balaban J connectivity index is 1.42. The third-order valence-electron chi connectivity index (χ3n) is 7.45. The van der Waals surface area contributed by atoms with Crippen molar-refractivity contribution in [2.24, 2.45) is 5.92 Å². The van der Waals surface area contributed by atoms with E-state index >= 15 is 0 Å². The Labute approximate surface area is 144 Å². The maximum absolute atomic E-state index is 12.1. The largest absolute Gasteiger partial charge is 0.349 e. The van der Waals surface area contributed by atoms with Crippen LogP contribution in [0.4, 0.5) is 0 Å². The van der Waals surface area contributed by atoms with Gasteiger partial charge in [0.15, 0.2) is 0 Å². The lowest BCUT2D eigenvalue weighted by Crippen LogP contribution is -2.49. The minimum Gasteiger partial charge on any atom is -0.349 e. The summed E-state index contributed by atoms with van der Waals surface area (Å²) in [6.07, 6.45) is 10.2. The number of hydrogen-bond acceptors (Lipinski definition) is 2. The average Bonchev–Trinajstić information content (AvgIpc) is 3.14. The zero-order valence-corrected chi connectivity index (χ0v) is 14.5. The van der Waals surface area contributed by atoms with Crippen LogP contribution in [0.1, 0.15) is 68.5 Å². The predicted octanol–water partition coefficient (Wildman–Crippen LogP) is 3.54. The minimum atomic E-state index is 0.242. The molecule has 1 saturated carbocycles. The van der Waals surface area contributed by atoms with E-state index in [2.05, 4.69) is 34.5 Å². The fourth-order valence-electron chi connectivity index (χ4n) is 6.26. The number of carbonyl (C=O) groups is 1. The molecule has 3 fully saturated rings. The van der Waals surface area contributed by atoms with Gasteiger partial charge in [0.25, 0.3) is 0 Å². The summed E-state index contributed by atoms with van der Waals surface area (Å²) in [5, 5.41) is 3.27. The van der Waals surface area contributed by atoms with Crippen LogP contribution in [0.3, 0.4) is 0 Å². The van der Waals surface area contributed by atoms with Crippen LogP contribution in [-0.2, 0) is 10.2 Å². The Morgan fingerprint density at radius 1 is 1.04 bits per heavy atom. The van der Waals surface area contributed by atoms with Gasteiger partial charge in [-0.2, -0.15) is 0 Å². The second-order valence-corrected chi connectivity index (χ2v) is 8.43. The third-order valence-corrected chi connectivity index (χ3v) is 7.45. The van der Waals surface area contributed by atoms with E-state index < -0.39 is 0 Å². The highest BCUT2D eigenvalue weighted by molar-refractivity contribution is 5.81. The predicted molar refractivity (Wildman–Crippen MR) is 94.8 cm³/mol. The number of hydrogen-bond donors (Lipinski definition) is 1. The molecule has 2 atom stereocenters. The molecule has 1 amide bonds. The molecule has 3 heteroatoms. The first-order valence-electron chi connectivity index (χ1n) is 9.91. The molecule has 1 spiro atoms. The van der Waals surface area contributed by atoms with Crippen LogP contribution in [-0.4, -0.2) is 29.9 Å². The monoisotopic (exact) mass is 324 g/mol. The summed E-state index contributed by atoms with van der Waals surface area (Å²) in [6.45, 7) is 2.44. The Morgan fingerprint density at radius 3 is 2.58 bits per heavy atom. The molecule has 5 rings (SSSR count). The van der Waals surface area contributed by atoms with Crippen molar-refractivity contribution in [2.45, 2.75) is 68.9 Å². The van der Waals surface area contributed by atoms with Crippen molar-refractivity contribution in [3.8, 4) is 0 Å². The fraction of sp³-hybridized carbons (Fsp3) is 0.667. The van der Waals surface area contributed by atoms with Crippen LogP contribution < -0.4 is 5.32 Å². The first-order valence-corrected chi connectivity index (χ1v) is 9.91. The number of fused-ring (bicyclic) bond motifs is 5. The zero-order chi connectivity index (χ0) is 16.1. The number of benzene rings is 1. The van der Waals surface area contributed by atoms with Crippen molar-refractivity contribution in [2.75, 3.05) is 13.1 Å². The van der Waals surface area contributed by atoms with Gasteiger partial charge in [-0.05, 0) is 49.9 Å². The van der Waals surface area contributed by atoms with Gasteiger partial charge in [0, 0.05) is 23.8 Å². The van der Waals surface area contributed by atoms with E-state index in [0.29, 0.717) is 5.92 Å². The number of rotatable bonds is 1. The molecule has 2 aliphatic heterocycles. The van der Waals surface area contributed by atoms with E-state index in [0.717, 1.165) is 12.5 Å². The number of nitrogens with zero attached hydrogens (tertiary/aromatic N) is 1. The SMILES string of the molecule is O=C1C[C@H]2[C@@H](N1)c1ccccc1C21CCN(C2CCCCC2)CC1. The number of amides is 1. The lowest BCUT2D eigenvalue weighted by atomic mass is 9.67. The summed E-state index contributed by atoms with van der Waals surface area (Å²) in [5.74, 6) is 0.740. The maximum Gasteiger partial charge on any atom is 0.220 e. The van der Waals surface area contributed by atoms with Crippen LogP contribution in [0.15, 0.2) is 24.3 Å². The Hall–Kier alpha value is -1.35. The molecule has 2 heterocycles. The van der Waals surface area contributed by atoms with E-state index in [1.165, 1.54) is 63.6 Å². The highest BCUT2D eigenvalue weighted by Crippen LogP contribution is 2.58. The lowest BCUT2D eigenvalue weighted by molar-refractivity contribution is -0.119. The third kappa shape index (κ3) is 2.10. The summed E-state index contributed by atoms with van der Waals surface area (Å²) in [4.78, 5) is 14.9. The topological polar surface area (TPSA) is 32.3 Å². The van der Waals surface area contributed by atoms with Crippen LogP contribution in [0.5, 0.6) is 0 Å². The second-order valence-electron chi connectivity index (χ2n) is 8.43. The highest BCUT2D eigenvalue weighted by atomic mass is 16.2. The molecule has 3 nitrogen and oxygen atoms in total. The number of likely N-dealkylation sites (tertiary alicyclic amines) is 1. The van der Waals surface area contributed by atoms with Gasteiger partial charge in [0.1, 0.15) is 0 Å².